The van der Waals surface area contributed by atoms with E-state index >= 15 is 0 Å². The number of nitrogens with one attached hydrogen (secondary N) is 1. The standard InChI is InChI=1S/C17H21N/c1-5-8-12-15(6-2)18-17(7-3)16-13-10-9-11-14(16)4/h5-13,18H,1H2,2-4H3/b12-8-,15-6+,17-7+. The second-order valence-electron chi connectivity index (χ2n) is 3.98. The second-order valence-corrected chi connectivity index (χ2v) is 3.98. The Morgan fingerprint density at radius 3 is 2.44 bits per heavy atom. The highest BCUT2D eigenvalue weighted by Gasteiger charge is 2.03. The summed E-state index contributed by atoms with van der Waals surface area (Å²) in [5, 5.41) is 3.43. The van der Waals surface area contributed by atoms with Crippen LogP contribution in [-0.2, 0) is 0 Å². The van der Waals surface area contributed by atoms with E-state index in [4.69, 9.17) is 0 Å². The van der Waals surface area contributed by atoms with E-state index in [9.17, 15) is 0 Å². The van der Waals surface area contributed by atoms with Gasteiger partial charge in [-0.05, 0) is 32.4 Å². The summed E-state index contributed by atoms with van der Waals surface area (Å²) in [6.07, 6.45) is 9.84. The van der Waals surface area contributed by atoms with Gasteiger partial charge in [0.05, 0.1) is 0 Å². The average Bonchev–Trinajstić information content (AvgIpc) is 2.40. The van der Waals surface area contributed by atoms with Crippen LogP contribution in [-0.4, -0.2) is 0 Å². The van der Waals surface area contributed by atoms with Gasteiger partial charge in [-0.1, -0.05) is 55.1 Å². The molecular formula is C17H21N. The number of hydrogen-bond donors (Lipinski definition) is 1. The van der Waals surface area contributed by atoms with E-state index in [1.807, 2.05) is 32.1 Å². The first kappa shape index (κ1) is 14.0. The van der Waals surface area contributed by atoms with Crippen molar-refractivity contribution < 1.29 is 0 Å². The molecule has 1 N–H and O–H groups in total. The van der Waals surface area contributed by atoms with Crippen molar-refractivity contribution in [3.8, 4) is 0 Å². The molecule has 0 amide bonds. The summed E-state index contributed by atoms with van der Waals surface area (Å²) in [5.74, 6) is 0. The SMILES string of the molecule is C=C/C=C\C(=C/C)N/C(=C/C)c1ccccc1C. The predicted molar refractivity (Wildman–Crippen MR) is 81.1 cm³/mol. The lowest BCUT2D eigenvalue weighted by Gasteiger charge is -2.13. The van der Waals surface area contributed by atoms with Crippen molar-refractivity contribution in [2.24, 2.45) is 0 Å². The minimum atomic E-state index is 1.06. The maximum absolute atomic E-state index is 3.68. The maximum atomic E-state index is 3.68. The molecular weight excluding hydrogens is 218 g/mol. The van der Waals surface area contributed by atoms with Crippen LogP contribution in [0.2, 0.25) is 0 Å². The van der Waals surface area contributed by atoms with E-state index < -0.39 is 0 Å². The number of hydrogen-bond acceptors (Lipinski definition) is 1. The van der Waals surface area contributed by atoms with Crippen LogP contribution in [0.4, 0.5) is 0 Å². The van der Waals surface area contributed by atoms with Gasteiger partial charge in [0.25, 0.3) is 0 Å². The van der Waals surface area contributed by atoms with Gasteiger partial charge in [0.1, 0.15) is 0 Å². The average molecular weight is 239 g/mol. The highest BCUT2D eigenvalue weighted by atomic mass is 14.9. The maximum Gasteiger partial charge on any atom is 0.0417 e. The van der Waals surface area contributed by atoms with Crippen LogP contribution < -0.4 is 5.32 Å². The Morgan fingerprint density at radius 1 is 1.17 bits per heavy atom. The van der Waals surface area contributed by atoms with E-state index in [1.165, 1.54) is 11.1 Å². The van der Waals surface area contributed by atoms with E-state index in [0.29, 0.717) is 0 Å². The highest BCUT2D eigenvalue weighted by molar-refractivity contribution is 5.68. The van der Waals surface area contributed by atoms with Gasteiger partial charge >= 0.3 is 0 Å². The van der Waals surface area contributed by atoms with Gasteiger partial charge in [-0.2, -0.15) is 0 Å². The lowest BCUT2D eigenvalue weighted by atomic mass is 10.1. The highest BCUT2D eigenvalue weighted by Crippen LogP contribution is 2.17. The smallest absolute Gasteiger partial charge is 0.0417 e. The normalized spacial score (nSPS) is 12.8. The number of rotatable bonds is 5. The van der Waals surface area contributed by atoms with Crippen LogP contribution in [0.25, 0.3) is 5.70 Å². The molecule has 1 aromatic rings. The van der Waals surface area contributed by atoms with Crippen LogP contribution in [0, 0.1) is 6.92 Å². The van der Waals surface area contributed by atoms with Gasteiger partial charge in [0.2, 0.25) is 0 Å². The Balaban J connectivity index is 2.97. The van der Waals surface area contributed by atoms with E-state index in [1.54, 1.807) is 6.08 Å². The van der Waals surface area contributed by atoms with Gasteiger partial charge in [-0.25, -0.2) is 0 Å². The number of benzene rings is 1. The molecule has 0 atom stereocenters. The lowest BCUT2D eigenvalue weighted by molar-refractivity contribution is 1.11. The summed E-state index contributed by atoms with van der Waals surface area (Å²) >= 11 is 0. The van der Waals surface area contributed by atoms with Crippen molar-refractivity contribution in [3.05, 3.63) is 78.0 Å². The molecule has 18 heavy (non-hydrogen) atoms. The summed E-state index contributed by atoms with van der Waals surface area (Å²) < 4.78 is 0. The molecule has 0 fully saturated rings. The third-order valence-electron chi connectivity index (χ3n) is 2.73. The molecule has 0 saturated heterocycles. The molecule has 0 radical (unpaired) electrons. The van der Waals surface area contributed by atoms with E-state index in [0.717, 1.165) is 11.4 Å². The zero-order valence-electron chi connectivity index (χ0n) is 11.4. The first-order chi connectivity index (χ1) is 8.72. The zero-order chi connectivity index (χ0) is 13.4. The van der Waals surface area contributed by atoms with Crippen molar-refractivity contribution in [2.75, 3.05) is 0 Å². The molecule has 0 bridgehead atoms. The molecule has 1 aromatic carbocycles. The topological polar surface area (TPSA) is 12.0 Å². The van der Waals surface area contributed by atoms with Crippen molar-refractivity contribution in [2.45, 2.75) is 20.8 Å². The van der Waals surface area contributed by atoms with Gasteiger partial charge in [0, 0.05) is 17.0 Å². The fourth-order valence-corrected chi connectivity index (χ4v) is 1.71. The quantitative estimate of drug-likeness (QED) is 0.741. The number of aryl methyl sites for hydroxylation is 1. The Hall–Kier alpha value is -2.02. The van der Waals surface area contributed by atoms with Crippen LogP contribution in [0.3, 0.4) is 0 Å². The van der Waals surface area contributed by atoms with E-state index in [2.05, 4.69) is 49.2 Å². The van der Waals surface area contributed by atoms with Crippen LogP contribution >= 0.6 is 0 Å². The molecule has 0 aliphatic rings. The molecule has 0 saturated carbocycles. The van der Waals surface area contributed by atoms with Gasteiger partial charge in [-0.15, -0.1) is 0 Å². The predicted octanol–water partition coefficient (Wildman–Crippen LogP) is 4.59. The molecule has 94 valence electrons. The third kappa shape index (κ3) is 3.77. The Bertz CT molecular complexity index is 490. The molecule has 0 aliphatic carbocycles. The van der Waals surface area contributed by atoms with Crippen LogP contribution in [0.1, 0.15) is 25.0 Å². The first-order valence-corrected chi connectivity index (χ1v) is 6.17. The Labute approximate surface area is 110 Å². The molecule has 0 aromatic heterocycles. The fourth-order valence-electron chi connectivity index (χ4n) is 1.71. The molecule has 1 nitrogen and oxygen atoms in total. The molecule has 1 heteroatoms. The lowest BCUT2D eigenvalue weighted by Crippen LogP contribution is -2.11. The molecule has 1 rings (SSSR count). The fraction of sp³-hybridized carbons (Fsp3) is 0.176. The largest absolute Gasteiger partial charge is 0.356 e. The summed E-state index contributed by atoms with van der Waals surface area (Å²) in [7, 11) is 0. The van der Waals surface area contributed by atoms with Gasteiger partial charge < -0.3 is 5.32 Å². The van der Waals surface area contributed by atoms with Gasteiger partial charge in [0.15, 0.2) is 0 Å². The zero-order valence-corrected chi connectivity index (χ0v) is 11.4. The van der Waals surface area contributed by atoms with Crippen LogP contribution in [0.5, 0.6) is 0 Å². The first-order valence-electron chi connectivity index (χ1n) is 6.17. The Kier molecular flexibility index (Phi) is 5.72. The van der Waals surface area contributed by atoms with Crippen molar-refractivity contribution in [3.63, 3.8) is 0 Å². The molecule has 0 heterocycles. The van der Waals surface area contributed by atoms with Gasteiger partial charge in [-0.3, -0.25) is 0 Å². The minimum absolute atomic E-state index is 1.06. The van der Waals surface area contributed by atoms with Crippen molar-refractivity contribution in [1.29, 1.82) is 0 Å². The molecule has 0 unspecified atom stereocenters. The third-order valence-corrected chi connectivity index (χ3v) is 2.73. The van der Waals surface area contributed by atoms with Crippen LogP contribution in [0.15, 0.2) is 66.9 Å². The molecule has 0 aliphatic heterocycles. The van der Waals surface area contributed by atoms with E-state index in [-0.39, 0.29) is 0 Å². The summed E-state index contributed by atoms with van der Waals surface area (Å²) in [6, 6.07) is 8.36. The summed E-state index contributed by atoms with van der Waals surface area (Å²) in [4.78, 5) is 0. The summed E-state index contributed by atoms with van der Waals surface area (Å²) in [6.45, 7) is 9.86. The molecule has 0 spiro atoms. The minimum Gasteiger partial charge on any atom is -0.356 e. The van der Waals surface area contributed by atoms with Crippen molar-refractivity contribution >= 4 is 5.70 Å². The monoisotopic (exact) mass is 239 g/mol. The Morgan fingerprint density at radius 2 is 1.89 bits per heavy atom. The van der Waals surface area contributed by atoms with Crippen molar-refractivity contribution in [1.82, 2.24) is 5.32 Å². The summed E-state index contributed by atoms with van der Waals surface area (Å²) in [5.41, 5.74) is 4.67. The number of allylic oxidation sites excluding steroid dienone is 5. The second kappa shape index (κ2) is 7.33.